The lowest BCUT2D eigenvalue weighted by atomic mass is 10.2. The molecule has 1 fully saturated rings. The van der Waals surface area contributed by atoms with Gasteiger partial charge in [-0.2, -0.15) is 16.9 Å². The molecule has 1 aromatic rings. The first-order valence-electron chi connectivity index (χ1n) is 6.97. The van der Waals surface area contributed by atoms with Crippen LogP contribution in [0.1, 0.15) is 37.1 Å². The normalized spacial score (nSPS) is 18.4. The predicted octanol–water partition coefficient (Wildman–Crippen LogP) is 2.53. The largest absolute Gasteiger partial charge is 0.316 e. The third-order valence-corrected chi connectivity index (χ3v) is 5.34. The molecule has 1 N–H and O–H groups in total. The number of rotatable bonds is 6. The van der Waals surface area contributed by atoms with Gasteiger partial charge in [-0.05, 0) is 32.9 Å². The van der Waals surface area contributed by atoms with E-state index in [1.54, 1.807) is 0 Å². The summed E-state index contributed by atoms with van der Waals surface area (Å²) in [5.41, 5.74) is 2.45. The molecule has 1 aromatic heterocycles. The van der Waals surface area contributed by atoms with Gasteiger partial charge in [-0.25, -0.2) is 0 Å². The van der Waals surface area contributed by atoms with Crippen molar-refractivity contribution in [3.8, 4) is 0 Å². The number of hydrogen-bond acceptors (Lipinski definition) is 3. The average Bonchev–Trinajstić information content (AvgIpc) is 2.95. The molecule has 1 atom stereocenters. The minimum absolute atomic E-state index is 0.561. The molecule has 0 aromatic carbocycles. The molecule has 0 aliphatic heterocycles. The van der Waals surface area contributed by atoms with Crippen LogP contribution in [-0.4, -0.2) is 33.9 Å². The van der Waals surface area contributed by atoms with Gasteiger partial charge in [-0.15, -0.1) is 0 Å². The Labute approximate surface area is 115 Å². The molecule has 0 bridgehead atoms. The van der Waals surface area contributed by atoms with E-state index in [4.69, 9.17) is 0 Å². The van der Waals surface area contributed by atoms with Crippen LogP contribution in [-0.2, 0) is 13.5 Å². The quantitative estimate of drug-likeness (QED) is 0.859. The monoisotopic (exact) mass is 267 g/mol. The minimum Gasteiger partial charge on any atom is -0.316 e. The number of likely N-dealkylation sites (N-methyl/N-ethyl adjacent to an activating group) is 1. The average molecular weight is 267 g/mol. The number of aryl methyl sites for hydroxylation is 2. The molecule has 0 saturated heterocycles. The fourth-order valence-electron chi connectivity index (χ4n) is 2.66. The molecule has 0 spiro atoms. The molecule has 0 amide bonds. The van der Waals surface area contributed by atoms with E-state index in [-0.39, 0.29) is 0 Å². The molecule has 3 nitrogen and oxygen atoms in total. The predicted molar refractivity (Wildman–Crippen MR) is 79.2 cm³/mol. The summed E-state index contributed by atoms with van der Waals surface area (Å²) in [6, 6.07) is 2.76. The maximum atomic E-state index is 4.42. The molecule has 1 aliphatic carbocycles. The zero-order valence-corrected chi connectivity index (χ0v) is 12.6. The van der Waals surface area contributed by atoms with Gasteiger partial charge < -0.3 is 5.32 Å². The highest BCUT2D eigenvalue weighted by atomic mass is 32.2. The van der Waals surface area contributed by atoms with Crippen molar-refractivity contribution in [2.75, 3.05) is 12.8 Å². The molecule has 18 heavy (non-hydrogen) atoms. The Morgan fingerprint density at radius 3 is 2.78 bits per heavy atom. The van der Waals surface area contributed by atoms with Crippen molar-refractivity contribution in [1.82, 2.24) is 15.1 Å². The zero-order valence-electron chi connectivity index (χ0n) is 11.8. The molecular formula is C14H25N3S. The summed E-state index contributed by atoms with van der Waals surface area (Å²) in [5.74, 6) is 1.21. The van der Waals surface area contributed by atoms with Gasteiger partial charge in [0.1, 0.15) is 0 Å². The Balaban J connectivity index is 1.82. The Hall–Kier alpha value is -0.480. The SMILES string of the molecule is CNC(CSC1CCCC1)Cc1cc(C)nn1C. The highest BCUT2D eigenvalue weighted by Crippen LogP contribution is 2.29. The second-order valence-electron chi connectivity index (χ2n) is 5.33. The van der Waals surface area contributed by atoms with Gasteiger partial charge in [0.25, 0.3) is 0 Å². The van der Waals surface area contributed by atoms with E-state index >= 15 is 0 Å². The van der Waals surface area contributed by atoms with Crippen molar-refractivity contribution in [3.63, 3.8) is 0 Å². The minimum atomic E-state index is 0.561. The second-order valence-corrected chi connectivity index (χ2v) is 6.66. The van der Waals surface area contributed by atoms with Crippen molar-refractivity contribution < 1.29 is 0 Å². The summed E-state index contributed by atoms with van der Waals surface area (Å²) in [6.45, 7) is 2.06. The molecule has 1 saturated carbocycles. The maximum absolute atomic E-state index is 4.42. The van der Waals surface area contributed by atoms with E-state index in [1.807, 2.05) is 11.7 Å². The first kappa shape index (κ1) is 13.9. The lowest BCUT2D eigenvalue weighted by Crippen LogP contribution is -2.31. The lowest BCUT2D eigenvalue weighted by molar-refractivity contribution is 0.581. The summed E-state index contributed by atoms with van der Waals surface area (Å²) in [7, 11) is 4.11. The number of hydrogen-bond donors (Lipinski definition) is 1. The van der Waals surface area contributed by atoms with E-state index in [2.05, 4.69) is 42.2 Å². The van der Waals surface area contributed by atoms with Crippen molar-refractivity contribution in [2.24, 2.45) is 7.05 Å². The van der Waals surface area contributed by atoms with Crippen molar-refractivity contribution in [3.05, 3.63) is 17.5 Å². The Morgan fingerprint density at radius 2 is 2.22 bits per heavy atom. The van der Waals surface area contributed by atoms with Crippen LogP contribution in [0.5, 0.6) is 0 Å². The first-order valence-corrected chi connectivity index (χ1v) is 8.02. The molecule has 1 aliphatic rings. The standard InChI is InChI=1S/C14H25N3S/c1-11-8-13(17(3)16-11)9-12(15-2)10-18-14-6-4-5-7-14/h8,12,14-15H,4-7,9-10H2,1-3H3. The van der Waals surface area contributed by atoms with Crippen molar-refractivity contribution in [1.29, 1.82) is 0 Å². The number of aromatic nitrogens is 2. The molecular weight excluding hydrogens is 242 g/mol. The van der Waals surface area contributed by atoms with Gasteiger partial charge >= 0.3 is 0 Å². The summed E-state index contributed by atoms with van der Waals surface area (Å²) in [5, 5.41) is 8.78. The van der Waals surface area contributed by atoms with Gasteiger partial charge in [0.05, 0.1) is 5.69 Å². The fourth-order valence-corrected chi connectivity index (χ4v) is 4.11. The van der Waals surface area contributed by atoms with Crippen LogP contribution in [0.3, 0.4) is 0 Å². The van der Waals surface area contributed by atoms with Crippen LogP contribution in [0.15, 0.2) is 6.07 Å². The zero-order chi connectivity index (χ0) is 13.0. The highest BCUT2D eigenvalue weighted by Gasteiger charge is 2.18. The van der Waals surface area contributed by atoms with E-state index in [1.165, 1.54) is 37.1 Å². The van der Waals surface area contributed by atoms with E-state index in [0.29, 0.717) is 6.04 Å². The third kappa shape index (κ3) is 3.75. The van der Waals surface area contributed by atoms with Gasteiger partial charge in [0.2, 0.25) is 0 Å². The summed E-state index contributed by atoms with van der Waals surface area (Å²) >= 11 is 2.16. The Bertz CT molecular complexity index is 369. The van der Waals surface area contributed by atoms with E-state index in [0.717, 1.165) is 17.4 Å². The Kier molecular flexibility index (Phi) is 5.13. The van der Waals surface area contributed by atoms with Crippen molar-refractivity contribution in [2.45, 2.75) is 50.3 Å². The summed E-state index contributed by atoms with van der Waals surface area (Å²) in [6.07, 6.45) is 6.79. The smallest absolute Gasteiger partial charge is 0.0596 e. The molecule has 2 rings (SSSR count). The van der Waals surface area contributed by atoms with Crippen LogP contribution in [0.4, 0.5) is 0 Å². The molecule has 1 heterocycles. The third-order valence-electron chi connectivity index (χ3n) is 3.80. The van der Waals surface area contributed by atoms with Gasteiger partial charge in [0, 0.05) is 36.2 Å². The van der Waals surface area contributed by atoms with Gasteiger partial charge in [0.15, 0.2) is 0 Å². The van der Waals surface area contributed by atoms with E-state index < -0.39 is 0 Å². The lowest BCUT2D eigenvalue weighted by Gasteiger charge is -2.18. The van der Waals surface area contributed by atoms with Gasteiger partial charge in [-0.1, -0.05) is 12.8 Å². The van der Waals surface area contributed by atoms with Crippen LogP contribution >= 0.6 is 11.8 Å². The molecule has 0 radical (unpaired) electrons. The number of nitrogens with one attached hydrogen (secondary N) is 1. The maximum Gasteiger partial charge on any atom is 0.0596 e. The molecule has 102 valence electrons. The fraction of sp³-hybridized carbons (Fsp3) is 0.786. The number of nitrogens with zero attached hydrogens (tertiary/aromatic N) is 2. The van der Waals surface area contributed by atoms with E-state index in [9.17, 15) is 0 Å². The van der Waals surface area contributed by atoms with Crippen LogP contribution in [0.25, 0.3) is 0 Å². The van der Waals surface area contributed by atoms with Crippen LogP contribution in [0, 0.1) is 6.92 Å². The molecule has 4 heteroatoms. The van der Waals surface area contributed by atoms with Crippen molar-refractivity contribution >= 4 is 11.8 Å². The topological polar surface area (TPSA) is 29.9 Å². The summed E-state index contributed by atoms with van der Waals surface area (Å²) < 4.78 is 2.01. The highest BCUT2D eigenvalue weighted by molar-refractivity contribution is 7.99. The number of thioether (sulfide) groups is 1. The molecule has 1 unspecified atom stereocenters. The van der Waals surface area contributed by atoms with Gasteiger partial charge in [-0.3, -0.25) is 4.68 Å². The van der Waals surface area contributed by atoms with Crippen LogP contribution < -0.4 is 5.32 Å². The summed E-state index contributed by atoms with van der Waals surface area (Å²) in [4.78, 5) is 0. The van der Waals surface area contributed by atoms with Crippen LogP contribution in [0.2, 0.25) is 0 Å². The first-order chi connectivity index (χ1) is 8.69. The second kappa shape index (κ2) is 6.62. The Morgan fingerprint density at radius 1 is 1.50 bits per heavy atom.